The minimum Gasteiger partial charge on any atom is -0.493 e. The van der Waals surface area contributed by atoms with Crippen molar-refractivity contribution in [3.8, 4) is 5.75 Å². The molecule has 1 fully saturated rings. The molecule has 160 valence electrons. The molecule has 0 atom stereocenters. The summed E-state index contributed by atoms with van der Waals surface area (Å²) in [7, 11) is 0. The highest BCUT2D eigenvalue weighted by molar-refractivity contribution is 6.30. The molecule has 30 heavy (non-hydrogen) atoms. The molecule has 0 spiro atoms. The van der Waals surface area contributed by atoms with Gasteiger partial charge in [-0.1, -0.05) is 23.7 Å². The zero-order valence-electron chi connectivity index (χ0n) is 17.5. The number of carbonyl (C=O) groups is 2. The number of urea groups is 1. The SMILES string of the molecule is Cc1cccc(OCCC(=O)N2CCCN(C(=O)Nc3ccc(Cl)cc3)CC2)c1C. The highest BCUT2D eigenvalue weighted by Crippen LogP contribution is 2.21. The Labute approximate surface area is 182 Å². The minimum atomic E-state index is -0.162. The van der Waals surface area contributed by atoms with E-state index < -0.39 is 0 Å². The Kier molecular flexibility index (Phi) is 7.57. The smallest absolute Gasteiger partial charge is 0.321 e. The molecule has 3 rings (SSSR count). The lowest BCUT2D eigenvalue weighted by Gasteiger charge is -2.22. The number of halogens is 1. The maximum atomic E-state index is 12.6. The third kappa shape index (κ3) is 5.89. The number of hydrogen-bond donors (Lipinski definition) is 1. The van der Waals surface area contributed by atoms with Crippen LogP contribution in [0, 0.1) is 13.8 Å². The average molecular weight is 430 g/mol. The summed E-state index contributed by atoms with van der Waals surface area (Å²) >= 11 is 5.88. The van der Waals surface area contributed by atoms with Gasteiger partial charge < -0.3 is 19.9 Å². The van der Waals surface area contributed by atoms with E-state index in [1.165, 1.54) is 5.56 Å². The number of amides is 3. The molecule has 6 nitrogen and oxygen atoms in total. The first-order chi connectivity index (χ1) is 14.4. The molecule has 0 bridgehead atoms. The van der Waals surface area contributed by atoms with Gasteiger partial charge in [-0.15, -0.1) is 0 Å². The van der Waals surface area contributed by atoms with Gasteiger partial charge in [-0.2, -0.15) is 0 Å². The van der Waals surface area contributed by atoms with Crippen LogP contribution in [0.2, 0.25) is 5.02 Å². The van der Waals surface area contributed by atoms with Crippen molar-refractivity contribution in [3.05, 3.63) is 58.6 Å². The van der Waals surface area contributed by atoms with Gasteiger partial charge in [-0.3, -0.25) is 4.79 Å². The quantitative estimate of drug-likeness (QED) is 0.761. The van der Waals surface area contributed by atoms with E-state index in [-0.39, 0.29) is 11.9 Å². The summed E-state index contributed by atoms with van der Waals surface area (Å²) in [6.07, 6.45) is 1.07. The van der Waals surface area contributed by atoms with E-state index >= 15 is 0 Å². The van der Waals surface area contributed by atoms with Crippen LogP contribution in [0.3, 0.4) is 0 Å². The Morgan fingerprint density at radius 3 is 2.47 bits per heavy atom. The van der Waals surface area contributed by atoms with E-state index in [2.05, 4.69) is 5.32 Å². The lowest BCUT2D eigenvalue weighted by Crippen LogP contribution is -2.39. The Hall–Kier alpha value is -2.73. The van der Waals surface area contributed by atoms with Crippen LogP contribution < -0.4 is 10.1 Å². The van der Waals surface area contributed by atoms with Gasteiger partial charge in [0.1, 0.15) is 5.75 Å². The second kappa shape index (κ2) is 10.3. The van der Waals surface area contributed by atoms with Crippen molar-refractivity contribution in [1.29, 1.82) is 0 Å². The zero-order valence-corrected chi connectivity index (χ0v) is 18.2. The second-order valence-corrected chi connectivity index (χ2v) is 7.89. The fourth-order valence-corrected chi connectivity index (χ4v) is 3.52. The van der Waals surface area contributed by atoms with Crippen LogP contribution >= 0.6 is 11.6 Å². The number of nitrogens with one attached hydrogen (secondary N) is 1. The summed E-state index contributed by atoms with van der Waals surface area (Å²) in [6.45, 7) is 6.69. The predicted molar refractivity (Wildman–Crippen MR) is 119 cm³/mol. The van der Waals surface area contributed by atoms with Crippen molar-refractivity contribution in [2.75, 3.05) is 38.1 Å². The normalized spacial score (nSPS) is 14.2. The molecule has 0 saturated carbocycles. The zero-order chi connectivity index (χ0) is 21.5. The number of hydrogen-bond acceptors (Lipinski definition) is 3. The molecular formula is C23H28ClN3O3. The summed E-state index contributed by atoms with van der Waals surface area (Å²) in [6, 6.07) is 12.8. The molecule has 1 saturated heterocycles. The average Bonchev–Trinajstić information content (AvgIpc) is 2.99. The monoisotopic (exact) mass is 429 g/mol. The lowest BCUT2D eigenvalue weighted by atomic mass is 10.1. The van der Waals surface area contributed by atoms with Gasteiger partial charge in [0, 0.05) is 36.9 Å². The van der Waals surface area contributed by atoms with Crippen molar-refractivity contribution in [3.63, 3.8) is 0 Å². The summed E-state index contributed by atoms with van der Waals surface area (Å²) in [5.74, 6) is 0.879. The molecule has 1 aliphatic rings. The summed E-state index contributed by atoms with van der Waals surface area (Å²) < 4.78 is 5.81. The molecule has 2 aromatic rings. The fraction of sp³-hybridized carbons (Fsp3) is 0.391. The molecule has 0 aliphatic carbocycles. The molecule has 1 aliphatic heterocycles. The second-order valence-electron chi connectivity index (χ2n) is 7.45. The summed E-state index contributed by atoms with van der Waals surface area (Å²) in [5.41, 5.74) is 2.97. The number of ether oxygens (including phenoxy) is 1. The van der Waals surface area contributed by atoms with E-state index in [9.17, 15) is 9.59 Å². The van der Waals surface area contributed by atoms with Crippen molar-refractivity contribution < 1.29 is 14.3 Å². The molecule has 1 heterocycles. The first-order valence-electron chi connectivity index (χ1n) is 10.2. The lowest BCUT2D eigenvalue weighted by molar-refractivity contribution is -0.131. The van der Waals surface area contributed by atoms with Crippen LogP contribution in [-0.2, 0) is 4.79 Å². The van der Waals surface area contributed by atoms with Crippen molar-refractivity contribution in [2.24, 2.45) is 0 Å². The van der Waals surface area contributed by atoms with Crippen LogP contribution in [0.25, 0.3) is 0 Å². The van der Waals surface area contributed by atoms with Crippen LogP contribution in [0.4, 0.5) is 10.5 Å². The van der Waals surface area contributed by atoms with Crippen molar-refractivity contribution in [1.82, 2.24) is 9.80 Å². The van der Waals surface area contributed by atoms with E-state index in [1.54, 1.807) is 29.2 Å². The number of aryl methyl sites for hydroxylation is 1. The number of nitrogens with zero attached hydrogens (tertiary/aromatic N) is 2. The number of benzene rings is 2. The van der Waals surface area contributed by atoms with Crippen molar-refractivity contribution in [2.45, 2.75) is 26.7 Å². The Morgan fingerprint density at radius 2 is 1.70 bits per heavy atom. The Morgan fingerprint density at radius 1 is 1.00 bits per heavy atom. The molecule has 3 amide bonds. The number of rotatable bonds is 5. The Bertz CT molecular complexity index is 886. The standard InChI is InChI=1S/C23H28ClN3O3/c1-17-5-3-6-21(18(17)2)30-16-11-22(28)26-12-4-13-27(15-14-26)23(29)25-20-9-7-19(24)8-10-20/h3,5-10H,4,11-16H2,1-2H3,(H,25,29). The van der Waals surface area contributed by atoms with E-state index in [1.807, 2.05) is 36.9 Å². The van der Waals surface area contributed by atoms with Gasteiger partial charge in [0.25, 0.3) is 0 Å². The third-order valence-electron chi connectivity index (χ3n) is 5.36. The number of carbonyl (C=O) groups excluding carboxylic acids is 2. The molecule has 0 unspecified atom stereocenters. The van der Waals surface area contributed by atoms with Gasteiger partial charge >= 0.3 is 6.03 Å². The van der Waals surface area contributed by atoms with Crippen LogP contribution in [-0.4, -0.2) is 54.5 Å². The fourth-order valence-electron chi connectivity index (χ4n) is 3.39. The largest absolute Gasteiger partial charge is 0.493 e. The molecule has 0 aromatic heterocycles. The topological polar surface area (TPSA) is 61.9 Å². The maximum Gasteiger partial charge on any atom is 0.321 e. The van der Waals surface area contributed by atoms with E-state index in [0.717, 1.165) is 17.7 Å². The maximum absolute atomic E-state index is 12.6. The Balaban J connectivity index is 1.45. The summed E-state index contributed by atoms with van der Waals surface area (Å²) in [4.78, 5) is 28.7. The van der Waals surface area contributed by atoms with Gasteiger partial charge in [-0.05, 0) is 61.7 Å². The molecule has 1 N–H and O–H groups in total. The predicted octanol–water partition coefficient (Wildman–Crippen LogP) is 4.49. The van der Waals surface area contributed by atoms with Gasteiger partial charge in [-0.25, -0.2) is 4.79 Å². The van der Waals surface area contributed by atoms with E-state index in [4.69, 9.17) is 16.3 Å². The first kappa shape index (κ1) is 22.0. The highest BCUT2D eigenvalue weighted by atomic mass is 35.5. The van der Waals surface area contributed by atoms with Crippen molar-refractivity contribution >= 4 is 29.2 Å². The van der Waals surface area contributed by atoms with Crippen LogP contribution in [0.15, 0.2) is 42.5 Å². The highest BCUT2D eigenvalue weighted by Gasteiger charge is 2.22. The van der Waals surface area contributed by atoms with Gasteiger partial charge in [0.05, 0.1) is 13.0 Å². The first-order valence-corrected chi connectivity index (χ1v) is 10.6. The molecule has 7 heteroatoms. The third-order valence-corrected chi connectivity index (χ3v) is 5.61. The molecular weight excluding hydrogens is 402 g/mol. The van der Waals surface area contributed by atoms with Crippen LogP contribution in [0.5, 0.6) is 5.75 Å². The van der Waals surface area contributed by atoms with Gasteiger partial charge in [0.2, 0.25) is 5.91 Å². The molecule has 0 radical (unpaired) electrons. The van der Waals surface area contributed by atoms with Crippen LogP contribution in [0.1, 0.15) is 24.0 Å². The minimum absolute atomic E-state index is 0.0558. The number of anilines is 1. The van der Waals surface area contributed by atoms with E-state index in [0.29, 0.717) is 49.9 Å². The van der Waals surface area contributed by atoms with Gasteiger partial charge in [0.15, 0.2) is 0 Å². The summed E-state index contributed by atoms with van der Waals surface area (Å²) in [5, 5.41) is 3.50. The molecule has 2 aromatic carbocycles.